The van der Waals surface area contributed by atoms with Crippen LogP contribution in [-0.2, 0) is 17.8 Å². The molecule has 1 amide bonds. The number of aromatic amines is 1. The van der Waals surface area contributed by atoms with Crippen LogP contribution in [0.4, 0.5) is 4.79 Å². The van der Waals surface area contributed by atoms with Crippen LogP contribution in [0.25, 0.3) is 21.8 Å². The van der Waals surface area contributed by atoms with Crippen molar-refractivity contribution < 1.29 is 9.53 Å². The molecule has 0 unspecified atom stereocenters. The van der Waals surface area contributed by atoms with Crippen LogP contribution in [0.3, 0.4) is 0 Å². The van der Waals surface area contributed by atoms with E-state index in [0.717, 1.165) is 24.1 Å². The first-order chi connectivity index (χ1) is 20.1. The molecule has 1 fully saturated rings. The van der Waals surface area contributed by atoms with Gasteiger partial charge >= 0.3 is 11.8 Å². The van der Waals surface area contributed by atoms with Crippen LogP contribution in [0.2, 0.25) is 0 Å². The van der Waals surface area contributed by atoms with Gasteiger partial charge in [0.05, 0.1) is 11.0 Å². The molecule has 0 radical (unpaired) electrons. The molecule has 1 atom stereocenters. The molecule has 1 aliphatic rings. The zero-order valence-electron chi connectivity index (χ0n) is 23.4. The number of nitrogens with zero attached hydrogens (tertiary/aromatic N) is 3. The number of hydrogen-bond acceptors (Lipinski definition) is 4. The number of ether oxygens (including phenoxy) is 1. The number of hydrogen-bond donors (Lipinski definition) is 1. The summed E-state index contributed by atoms with van der Waals surface area (Å²) in [7, 11) is 0. The van der Waals surface area contributed by atoms with Crippen LogP contribution in [0.15, 0.2) is 102 Å². The van der Waals surface area contributed by atoms with Gasteiger partial charge in [0.1, 0.15) is 6.61 Å². The number of piperidine rings is 1. The predicted molar refractivity (Wildman–Crippen MR) is 163 cm³/mol. The molecular formula is C34H36N4O3. The van der Waals surface area contributed by atoms with Crippen LogP contribution in [0, 0.1) is 0 Å². The van der Waals surface area contributed by atoms with E-state index in [-0.39, 0.29) is 23.9 Å². The van der Waals surface area contributed by atoms with Crippen molar-refractivity contribution in [1.29, 1.82) is 0 Å². The molecular weight excluding hydrogens is 512 g/mol. The normalized spacial score (nSPS) is 15.0. The quantitative estimate of drug-likeness (QED) is 0.245. The third-order valence-corrected chi connectivity index (χ3v) is 8.27. The van der Waals surface area contributed by atoms with Crippen molar-refractivity contribution >= 4 is 27.9 Å². The molecule has 6 rings (SSSR count). The molecule has 0 bridgehead atoms. The summed E-state index contributed by atoms with van der Waals surface area (Å²) in [5.41, 5.74) is 4.15. The molecule has 7 nitrogen and oxygen atoms in total. The molecule has 0 aliphatic carbocycles. The van der Waals surface area contributed by atoms with Gasteiger partial charge in [-0.2, -0.15) is 0 Å². The van der Waals surface area contributed by atoms with Crippen molar-refractivity contribution in [1.82, 2.24) is 19.4 Å². The van der Waals surface area contributed by atoms with Crippen molar-refractivity contribution in [2.75, 3.05) is 19.7 Å². The molecule has 5 aromatic rings. The Morgan fingerprint density at radius 1 is 0.902 bits per heavy atom. The largest absolute Gasteiger partial charge is 0.448 e. The van der Waals surface area contributed by atoms with Crippen molar-refractivity contribution in [2.45, 2.75) is 44.9 Å². The van der Waals surface area contributed by atoms with E-state index in [2.05, 4.69) is 83.5 Å². The maximum Gasteiger partial charge on any atom is 0.409 e. The summed E-state index contributed by atoms with van der Waals surface area (Å²) in [5.74, 6) is 0. The zero-order valence-corrected chi connectivity index (χ0v) is 23.4. The first-order valence-electron chi connectivity index (χ1n) is 14.4. The van der Waals surface area contributed by atoms with Gasteiger partial charge < -0.3 is 14.6 Å². The fraction of sp³-hybridized carbons (Fsp3) is 0.294. The van der Waals surface area contributed by atoms with Gasteiger partial charge in [-0.1, -0.05) is 84.9 Å². The molecule has 41 heavy (non-hydrogen) atoms. The Kier molecular flexibility index (Phi) is 7.87. The van der Waals surface area contributed by atoms with Crippen molar-refractivity contribution in [3.05, 3.63) is 119 Å². The van der Waals surface area contributed by atoms with E-state index in [0.29, 0.717) is 32.5 Å². The second-order valence-corrected chi connectivity index (χ2v) is 11.0. The number of likely N-dealkylation sites (tertiary alicyclic amines) is 1. The van der Waals surface area contributed by atoms with Gasteiger partial charge in [0.25, 0.3) is 0 Å². The first kappa shape index (κ1) is 26.8. The summed E-state index contributed by atoms with van der Waals surface area (Å²) in [6.45, 7) is 5.06. The predicted octanol–water partition coefficient (Wildman–Crippen LogP) is 6.35. The highest BCUT2D eigenvalue weighted by Crippen LogP contribution is 2.26. The summed E-state index contributed by atoms with van der Waals surface area (Å²) in [5, 5.41) is 2.47. The van der Waals surface area contributed by atoms with Gasteiger partial charge in [0, 0.05) is 38.3 Å². The average Bonchev–Trinajstić information content (AvgIpc) is 3.35. The Balaban J connectivity index is 1.10. The lowest BCUT2D eigenvalue weighted by molar-refractivity contribution is 0.0568. The molecule has 1 aliphatic heterocycles. The smallest absolute Gasteiger partial charge is 0.409 e. The van der Waals surface area contributed by atoms with Gasteiger partial charge in [0.15, 0.2) is 0 Å². The van der Waals surface area contributed by atoms with Crippen molar-refractivity contribution in [3.63, 3.8) is 0 Å². The van der Waals surface area contributed by atoms with Gasteiger partial charge in [-0.25, -0.2) is 9.59 Å². The van der Waals surface area contributed by atoms with E-state index in [1.54, 1.807) is 4.90 Å². The van der Waals surface area contributed by atoms with Crippen LogP contribution in [0.5, 0.6) is 0 Å². The highest BCUT2D eigenvalue weighted by molar-refractivity contribution is 5.85. The molecule has 0 saturated carbocycles. The first-order valence-corrected chi connectivity index (χ1v) is 14.4. The topological polar surface area (TPSA) is 70.6 Å². The van der Waals surface area contributed by atoms with E-state index < -0.39 is 0 Å². The number of H-pyrrole nitrogens is 1. The highest BCUT2D eigenvalue weighted by Gasteiger charge is 2.27. The van der Waals surface area contributed by atoms with Gasteiger partial charge in [0.2, 0.25) is 0 Å². The molecule has 2 heterocycles. The molecule has 210 valence electrons. The fourth-order valence-corrected chi connectivity index (χ4v) is 5.97. The average molecular weight is 549 g/mol. The van der Waals surface area contributed by atoms with E-state index in [1.807, 2.05) is 34.9 Å². The van der Waals surface area contributed by atoms with E-state index in [4.69, 9.17) is 4.74 Å². The standard InChI is InChI=1S/C34H36N4O3/c1-25(37(22-26-10-3-2-4-11-26)23-28-14-9-13-27-12-5-6-15-30(27)28)24-41-34(40)36-20-18-29(19-21-36)38-32-17-8-7-16-31(32)35-33(38)39/h2-17,25,29H,18-24H2,1H3,(H,35,39)/t25-/m0/s1. The van der Waals surface area contributed by atoms with Crippen LogP contribution >= 0.6 is 0 Å². The second kappa shape index (κ2) is 12.0. The SMILES string of the molecule is C[C@@H](COC(=O)N1CCC(n2c(=O)[nH]c3ccccc32)CC1)N(Cc1ccccc1)Cc1cccc2ccccc12. The highest BCUT2D eigenvalue weighted by atomic mass is 16.6. The number of amides is 1. The summed E-state index contributed by atoms with van der Waals surface area (Å²) in [6, 6.07) is 33.1. The van der Waals surface area contributed by atoms with Crippen molar-refractivity contribution in [2.24, 2.45) is 0 Å². The monoisotopic (exact) mass is 548 g/mol. The van der Waals surface area contributed by atoms with Gasteiger partial charge in [-0.15, -0.1) is 0 Å². The van der Waals surface area contributed by atoms with Gasteiger partial charge in [-0.3, -0.25) is 9.47 Å². The Morgan fingerprint density at radius 2 is 1.61 bits per heavy atom. The number of aromatic nitrogens is 2. The Hall–Kier alpha value is -4.36. The lowest BCUT2D eigenvalue weighted by Crippen LogP contribution is -2.42. The maximum atomic E-state index is 13.1. The number of benzene rings is 4. The molecule has 0 spiro atoms. The van der Waals surface area contributed by atoms with E-state index >= 15 is 0 Å². The number of fused-ring (bicyclic) bond motifs is 2. The molecule has 7 heteroatoms. The summed E-state index contributed by atoms with van der Waals surface area (Å²) in [4.78, 5) is 32.8. The molecule has 4 aromatic carbocycles. The number of nitrogens with one attached hydrogen (secondary N) is 1. The molecule has 1 N–H and O–H groups in total. The minimum Gasteiger partial charge on any atom is -0.448 e. The molecule has 1 aromatic heterocycles. The van der Waals surface area contributed by atoms with Crippen molar-refractivity contribution in [3.8, 4) is 0 Å². The molecule has 1 saturated heterocycles. The Morgan fingerprint density at radius 3 is 2.44 bits per heavy atom. The van der Waals surface area contributed by atoms with Crippen LogP contribution in [-0.4, -0.2) is 51.2 Å². The lowest BCUT2D eigenvalue weighted by Gasteiger charge is -2.33. The Labute approximate surface area is 240 Å². The van der Waals surface area contributed by atoms with E-state index in [9.17, 15) is 9.59 Å². The third-order valence-electron chi connectivity index (χ3n) is 8.27. The second-order valence-electron chi connectivity index (χ2n) is 11.0. The third kappa shape index (κ3) is 5.91. The van der Waals surface area contributed by atoms with Crippen LogP contribution in [0.1, 0.15) is 36.9 Å². The lowest BCUT2D eigenvalue weighted by atomic mass is 10.0. The number of carbonyl (C=O) groups excluding carboxylic acids is 1. The number of rotatable bonds is 8. The maximum absolute atomic E-state index is 13.1. The van der Waals surface area contributed by atoms with Crippen LogP contribution < -0.4 is 5.69 Å². The summed E-state index contributed by atoms with van der Waals surface area (Å²) < 4.78 is 7.72. The van der Waals surface area contributed by atoms with Gasteiger partial charge in [-0.05, 0) is 53.8 Å². The minimum absolute atomic E-state index is 0.0143. The zero-order chi connectivity index (χ0) is 28.2. The fourth-order valence-electron chi connectivity index (χ4n) is 5.97. The Bertz CT molecular complexity index is 1680. The van der Waals surface area contributed by atoms with E-state index in [1.165, 1.54) is 21.9 Å². The number of carbonyl (C=O) groups is 1. The number of imidazole rings is 1. The number of para-hydroxylation sites is 2. The summed E-state index contributed by atoms with van der Waals surface area (Å²) in [6.07, 6.45) is 1.15. The summed E-state index contributed by atoms with van der Waals surface area (Å²) >= 11 is 0. The minimum atomic E-state index is -0.286.